The molecular formula is C16H32O3. The van der Waals surface area contributed by atoms with Gasteiger partial charge in [-0.15, -0.1) is 0 Å². The summed E-state index contributed by atoms with van der Waals surface area (Å²) in [4.78, 5) is 10.7. The van der Waals surface area contributed by atoms with E-state index in [-0.39, 0.29) is 12.3 Å². The van der Waals surface area contributed by atoms with Crippen LogP contribution >= 0.6 is 0 Å². The molecule has 0 aliphatic heterocycles. The second-order valence-corrected chi connectivity index (χ2v) is 6.09. The maximum Gasteiger partial charge on any atom is 0.306 e. The Morgan fingerprint density at radius 3 is 2.00 bits per heavy atom. The van der Waals surface area contributed by atoms with Gasteiger partial charge in [0.25, 0.3) is 0 Å². The summed E-state index contributed by atoms with van der Waals surface area (Å²) >= 11 is 0. The smallest absolute Gasteiger partial charge is 0.306 e. The average Bonchev–Trinajstić information content (AvgIpc) is 2.30. The molecule has 0 aromatic heterocycles. The Morgan fingerprint density at radius 2 is 1.53 bits per heavy atom. The zero-order valence-corrected chi connectivity index (χ0v) is 13.0. The lowest BCUT2D eigenvalue weighted by Crippen LogP contribution is -2.35. The standard InChI is InChI=1S/C16H32O3/c1-4-5-6-7-8-9-10-11-12-14(2)16(3,19)13-15(17)18/h14,19H,4-13H2,1-3H3,(H,17,18). The van der Waals surface area contributed by atoms with Crippen LogP contribution in [0.5, 0.6) is 0 Å². The Labute approximate surface area is 118 Å². The fraction of sp³-hybridized carbons (Fsp3) is 0.938. The van der Waals surface area contributed by atoms with Gasteiger partial charge in [-0.2, -0.15) is 0 Å². The van der Waals surface area contributed by atoms with E-state index < -0.39 is 11.6 Å². The molecule has 0 heterocycles. The summed E-state index contributed by atoms with van der Waals surface area (Å²) in [5.41, 5.74) is -1.08. The van der Waals surface area contributed by atoms with Crippen LogP contribution in [0.25, 0.3) is 0 Å². The maximum atomic E-state index is 10.7. The van der Waals surface area contributed by atoms with Crippen molar-refractivity contribution in [3.05, 3.63) is 0 Å². The summed E-state index contributed by atoms with van der Waals surface area (Å²) in [6.45, 7) is 5.81. The van der Waals surface area contributed by atoms with E-state index in [0.29, 0.717) is 0 Å². The van der Waals surface area contributed by atoms with Gasteiger partial charge in [-0.05, 0) is 19.3 Å². The fourth-order valence-corrected chi connectivity index (χ4v) is 2.38. The number of hydrogen-bond acceptors (Lipinski definition) is 2. The zero-order valence-electron chi connectivity index (χ0n) is 13.0. The third-order valence-corrected chi connectivity index (χ3v) is 4.06. The molecule has 2 atom stereocenters. The van der Waals surface area contributed by atoms with Crippen LogP contribution in [-0.2, 0) is 4.79 Å². The first-order valence-corrected chi connectivity index (χ1v) is 7.84. The molecule has 0 bridgehead atoms. The summed E-state index contributed by atoms with van der Waals surface area (Å²) < 4.78 is 0. The van der Waals surface area contributed by atoms with Crippen molar-refractivity contribution in [1.29, 1.82) is 0 Å². The van der Waals surface area contributed by atoms with Crippen molar-refractivity contribution in [1.82, 2.24) is 0 Å². The van der Waals surface area contributed by atoms with E-state index in [4.69, 9.17) is 5.11 Å². The number of hydrogen-bond donors (Lipinski definition) is 2. The van der Waals surface area contributed by atoms with E-state index in [2.05, 4.69) is 6.92 Å². The molecule has 0 saturated carbocycles. The fourth-order valence-electron chi connectivity index (χ4n) is 2.38. The summed E-state index contributed by atoms with van der Waals surface area (Å²) in [5, 5.41) is 18.8. The van der Waals surface area contributed by atoms with Crippen LogP contribution in [0.4, 0.5) is 0 Å². The molecule has 0 spiro atoms. The number of rotatable bonds is 12. The highest BCUT2D eigenvalue weighted by molar-refractivity contribution is 5.68. The minimum atomic E-state index is -1.08. The first-order chi connectivity index (χ1) is 8.90. The van der Waals surface area contributed by atoms with Gasteiger partial charge in [0, 0.05) is 0 Å². The van der Waals surface area contributed by atoms with Crippen LogP contribution in [0.15, 0.2) is 0 Å². The molecule has 0 rings (SSSR count). The second kappa shape index (κ2) is 10.2. The van der Waals surface area contributed by atoms with Gasteiger partial charge in [-0.1, -0.05) is 65.2 Å². The van der Waals surface area contributed by atoms with Crippen molar-refractivity contribution in [2.24, 2.45) is 5.92 Å². The normalized spacial score (nSPS) is 16.0. The quantitative estimate of drug-likeness (QED) is 0.518. The lowest BCUT2D eigenvalue weighted by molar-refractivity contribution is -0.144. The maximum absolute atomic E-state index is 10.7. The molecule has 2 N–H and O–H groups in total. The minimum Gasteiger partial charge on any atom is -0.481 e. The molecule has 0 aliphatic carbocycles. The Morgan fingerprint density at radius 1 is 1.05 bits per heavy atom. The summed E-state index contributed by atoms with van der Waals surface area (Å²) in [5.74, 6) is -0.878. The molecule has 0 radical (unpaired) electrons. The van der Waals surface area contributed by atoms with E-state index in [9.17, 15) is 9.90 Å². The van der Waals surface area contributed by atoms with Gasteiger partial charge in [-0.25, -0.2) is 0 Å². The van der Waals surface area contributed by atoms with E-state index in [1.165, 1.54) is 44.9 Å². The van der Waals surface area contributed by atoms with Crippen LogP contribution in [0.1, 0.15) is 85.0 Å². The Bertz CT molecular complexity index is 236. The van der Waals surface area contributed by atoms with Gasteiger partial charge in [0.15, 0.2) is 0 Å². The van der Waals surface area contributed by atoms with Crippen LogP contribution in [0.2, 0.25) is 0 Å². The van der Waals surface area contributed by atoms with Gasteiger partial charge in [-0.3, -0.25) is 4.79 Å². The lowest BCUT2D eigenvalue weighted by atomic mass is 9.84. The number of carboxylic acids is 1. The Hall–Kier alpha value is -0.570. The molecule has 0 aliphatic rings. The largest absolute Gasteiger partial charge is 0.481 e. The number of unbranched alkanes of at least 4 members (excludes halogenated alkanes) is 7. The molecule has 0 fully saturated rings. The third-order valence-electron chi connectivity index (χ3n) is 4.06. The van der Waals surface area contributed by atoms with Gasteiger partial charge >= 0.3 is 5.97 Å². The molecular weight excluding hydrogens is 240 g/mol. The molecule has 2 unspecified atom stereocenters. The number of carbonyl (C=O) groups is 1. The first kappa shape index (κ1) is 18.4. The van der Waals surface area contributed by atoms with E-state index in [1.807, 2.05) is 6.92 Å². The molecule has 19 heavy (non-hydrogen) atoms. The van der Waals surface area contributed by atoms with Gasteiger partial charge < -0.3 is 10.2 Å². The molecule has 114 valence electrons. The number of aliphatic carboxylic acids is 1. The summed E-state index contributed by atoms with van der Waals surface area (Å²) in [7, 11) is 0. The predicted octanol–water partition coefficient (Wildman–Crippen LogP) is 4.38. The average molecular weight is 272 g/mol. The molecule has 3 heteroatoms. The summed E-state index contributed by atoms with van der Waals surface area (Å²) in [6, 6.07) is 0. The van der Waals surface area contributed by atoms with Crippen molar-refractivity contribution in [2.45, 2.75) is 90.6 Å². The summed E-state index contributed by atoms with van der Waals surface area (Å²) in [6.07, 6.45) is 10.9. The van der Waals surface area contributed by atoms with Gasteiger partial charge in [0.2, 0.25) is 0 Å². The van der Waals surface area contributed by atoms with Gasteiger partial charge in [0.1, 0.15) is 0 Å². The lowest BCUT2D eigenvalue weighted by Gasteiger charge is -2.28. The van der Waals surface area contributed by atoms with Crippen LogP contribution in [-0.4, -0.2) is 21.8 Å². The second-order valence-electron chi connectivity index (χ2n) is 6.09. The molecule has 0 aromatic carbocycles. The van der Waals surface area contributed by atoms with Gasteiger partial charge in [0.05, 0.1) is 12.0 Å². The van der Waals surface area contributed by atoms with Crippen LogP contribution < -0.4 is 0 Å². The van der Waals surface area contributed by atoms with E-state index in [0.717, 1.165) is 12.8 Å². The van der Waals surface area contributed by atoms with Crippen molar-refractivity contribution in [2.75, 3.05) is 0 Å². The predicted molar refractivity (Wildman–Crippen MR) is 79.3 cm³/mol. The van der Waals surface area contributed by atoms with Crippen molar-refractivity contribution < 1.29 is 15.0 Å². The molecule has 0 saturated heterocycles. The monoisotopic (exact) mass is 272 g/mol. The minimum absolute atomic E-state index is 0.0451. The van der Waals surface area contributed by atoms with E-state index in [1.54, 1.807) is 6.92 Å². The SMILES string of the molecule is CCCCCCCCCCC(C)C(C)(O)CC(=O)O. The van der Waals surface area contributed by atoms with Crippen molar-refractivity contribution >= 4 is 5.97 Å². The van der Waals surface area contributed by atoms with Crippen molar-refractivity contribution in [3.63, 3.8) is 0 Å². The molecule has 0 amide bonds. The molecule has 0 aromatic rings. The Kier molecular flexibility index (Phi) is 9.94. The highest BCUT2D eigenvalue weighted by Crippen LogP contribution is 2.26. The van der Waals surface area contributed by atoms with E-state index >= 15 is 0 Å². The van der Waals surface area contributed by atoms with Crippen molar-refractivity contribution in [3.8, 4) is 0 Å². The zero-order chi connectivity index (χ0) is 14.7. The number of carboxylic acid groups (broad SMARTS) is 1. The Balaban J connectivity index is 3.57. The topological polar surface area (TPSA) is 57.5 Å². The third kappa shape index (κ3) is 9.94. The highest BCUT2D eigenvalue weighted by atomic mass is 16.4. The molecule has 3 nitrogen and oxygen atoms in total. The first-order valence-electron chi connectivity index (χ1n) is 7.84. The van der Waals surface area contributed by atoms with Crippen LogP contribution in [0.3, 0.4) is 0 Å². The number of aliphatic hydroxyl groups is 1. The van der Waals surface area contributed by atoms with Crippen LogP contribution in [0, 0.1) is 5.92 Å². The highest BCUT2D eigenvalue weighted by Gasteiger charge is 2.30.